The number of carbonyl (C=O) groups excluding carboxylic acids is 1. The number of carbonyl (C=O) groups is 1. The van der Waals surface area contributed by atoms with Crippen molar-refractivity contribution in [3.63, 3.8) is 0 Å². The number of rotatable bonds is 8. The minimum atomic E-state index is -0.265. The van der Waals surface area contributed by atoms with Gasteiger partial charge in [0.1, 0.15) is 16.5 Å². The Kier molecular flexibility index (Phi) is 8.00. The third-order valence-corrected chi connectivity index (χ3v) is 8.59. The van der Waals surface area contributed by atoms with Crippen LogP contribution in [0, 0.1) is 5.82 Å². The molecule has 5 aromatic rings. The number of H-pyrrole nitrogens is 1. The first-order chi connectivity index (χ1) is 19.9. The molecule has 0 saturated carbocycles. The Labute approximate surface area is 245 Å². The van der Waals surface area contributed by atoms with Gasteiger partial charge in [-0.1, -0.05) is 48.0 Å². The van der Waals surface area contributed by atoms with Crippen LogP contribution in [0.25, 0.3) is 11.0 Å². The Balaban J connectivity index is 1.12. The fraction of sp³-hybridized carbons (Fsp3) is 0.258. The Bertz CT molecular complexity index is 1660. The topological polar surface area (TPSA) is 74.2 Å². The van der Waals surface area contributed by atoms with E-state index in [1.54, 1.807) is 12.1 Å². The first-order valence-corrected chi connectivity index (χ1v) is 14.8. The summed E-state index contributed by atoms with van der Waals surface area (Å²) >= 11 is 7.54. The van der Waals surface area contributed by atoms with Gasteiger partial charge in [-0.15, -0.1) is 11.3 Å². The fourth-order valence-electron chi connectivity index (χ4n) is 5.46. The molecule has 1 amide bonds. The number of nitrogens with one attached hydrogen (secondary N) is 1. The highest BCUT2D eigenvalue weighted by Crippen LogP contribution is 2.26. The van der Waals surface area contributed by atoms with Crippen molar-refractivity contribution in [1.29, 1.82) is 0 Å². The summed E-state index contributed by atoms with van der Waals surface area (Å²) in [6, 6.07) is 22.0. The molecule has 0 unspecified atom stereocenters. The molecule has 0 spiro atoms. The van der Waals surface area contributed by atoms with Gasteiger partial charge >= 0.3 is 5.69 Å². The van der Waals surface area contributed by atoms with Gasteiger partial charge in [0.05, 0.1) is 17.6 Å². The lowest BCUT2D eigenvalue weighted by Gasteiger charge is -2.32. The maximum absolute atomic E-state index is 13.5. The Morgan fingerprint density at radius 1 is 0.976 bits per heavy atom. The van der Waals surface area contributed by atoms with Crippen molar-refractivity contribution in [2.45, 2.75) is 38.5 Å². The van der Waals surface area contributed by atoms with Crippen LogP contribution in [-0.4, -0.2) is 43.3 Å². The first-order valence-electron chi connectivity index (χ1n) is 13.6. The van der Waals surface area contributed by atoms with E-state index in [1.165, 1.54) is 23.5 Å². The summed E-state index contributed by atoms with van der Waals surface area (Å²) in [5.74, 6) is -0.348. The molecule has 10 heteroatoms. The molecule has 3 aromatic carbocycles. The molecule has 1 aliphatic rings. The molecular formula is C31H29ClFN5O2S. The zero-order chi connectivity index (χ0) is 28.3. The van der Waals surface area contributed by atoms with Crippen molar-refractivity contribution in [2.24, 2.45) is 0 Å². The quantitative estimate of drug-likeness (QED) is 0.232. The lowest BCUT2D eigenvalue weighted by Crippen LogP contribution is -2.40. The maximum Gasteiger partial charge on any atom is 0.326 e. The highest BCUT2D eigenvalue weighted by Gasteiger charge is 2.28. The third-order valence-electron chi connectivity index (χ3n) is 7.51. The van der Waals surface area contributed by atoms with Crippen LogP contribution in [0.4, 0.5) is 4.39 Å². The third kappa shape index (κ3) is 6.27. The lowest BCUT2D eigenvalue weighted by atomic mass is 10.0. The Hall–Kier alpha value is -3.79. The lowest BCUT2D eigenvalue weighted by molar-refractivity contribution is 0.0689. The van der Waals surface area contributed by atoms with E-state index in [0.29, 0.717) is 56.3 Å². The molecule has 0 aliphatic carbocycles. The van der Waals surface area contributed by atoms with Gasteiger partial charge in [-0.25, -0.2) is 14.2 Å². The number of aromatic nitrogens is 3. The summed E-state index contributed by atoms with van der Waals surface area (Å²) in [5, 5.41) is 3.34. The number of nitrogens with zero attached hydrogens (tertiary/aromatic N) is 4. The Morgan fingerprint density at radius 3 is 2.34 bits per heavy atom. The normalized spacial score (nSPS) is 14.3. The second-order valence-corrected chi connectivity index (χ2v) is 11.7. The molecule has 41 heavy (non-hydrogen) atoms. The second kappa shape index (κ2) is 12.0. The van der Waals surface area contributed by atoms with Gasteiger partial charge in [0, 0.05) is 42.6 Å². The summed E-state index contributed by atoms with van der Waals surface area (Å²) < 4.78 is 15.3. The van der Waals surface area contributed by atoms with Crippen LogP contribution in [0.3, 0.4) is 0 Å². The van der Waals surface area contributed by atoms with Crippen molar-refractivity contribution in [3.8, 4) is 0 Å². The minimum absolute atomic E-state index is 0.0431. The summed E-state index contributed by atoms with van der Waals surface area (Å²) in [4.78, 5) is 37.7. The van der Waals surface area contributed by atoms with E-state index in [1.807, 2.05) is 63.4 Å². The van der Waals surface area contributed by atoms with Crippen molar-refractivity contribution >= 4 is 39.9 Å². The van der Waals surface area contributed by atoms with Crippen LogP contribution < -0.4 is 5.69 Å². The fourth-order valence-corrected chi connectivity index (χ4v) is 6.40. The molecule has 3 heterocycles. The number of halogens is 2. The molecule has 1 N–H and O–H groups in total. The zero-order valence-electron chi connectivity index (χ0n) is 22.3. The minimum Gasteiger partial charge on any atom is -0.337 e. The van der Waals surface area contributed by atoms with E-state index in [-0.39, 0.29) is 23.5 Å². The van der Waals surface area contributed by atoms with Gasteiger partial charge < -0.3 is 9.88 Å². The molecule has 0 radical (unpaired) electrons. The number of hydrogen-bond donors (Lipinski definition) is 1. The van der Waals surface area contributed by atoms with E-state index >= 15 is 0 Å². The van der Waals surface area contributed by atoms with Gasteiger partial charge in [0.15, 0.2) is 0 Å². The monoisotopic (exact) mass is 589 g/mol. The molecule has 1 aliphatic heterocycles. The molecule has 210 valence electrons. The number of fused-ring (bicyclic) bond motifs is 1. The highest BCUT2D eigenvalue weighted by molar-refractivity contribution is 7.09. The van der Waals surface area contributed by atoms with Crippen molar-refractivity contribution in [3.05, 3.63) is 121 Å². The van der Waals surface area contributed by atoms with E-state index in [9.17, 15) is 14.0 Å². The predicted molar refractivity (Wildman–Crippen MR) is 160 cm³/mol. The number of hydrogen-bond acceptors (Lipinski definition) is 5. The molecule has 7 nitrogen and oxygen atoms in total. The second-order valence-electron chi connectivity index (χ2n) is 10.4. The van der Waals surface area contributed by atoms with Crippen LogP contribution in [0.2, 0.25) is 5.02 Å². The van der Waals surface area contributed by atoms with Crippen molar-refractivity contribution < 1.29 is 9.18 Å². The number of benzene rings is 3. The van der Waals surface area contributed by atoms with Crippen LogP contribution in [-0.2, 0) is 19.6 Å². The number of thiazole rings is 1. The molecule has 6 rings (SSSR count). The molecule has 1 saturated heterocycles. The van der Waals surface area contributed by atoms with Crippen LogP contribution in [0.5, 0.6) is 0 Å². The zero-order valence-corrected chi connectivity index (χ0v) is 23.9. The Morgan fingerprint density at radius 2 is 1.63 bits per heavy atom. The van der Waals surface area contributed by atoms with E-state index < -0.39 is 0 Å². The van der Waals surface area contributed by atoms with Crippen molar-refractivity contribution in [1.82, 2.24) is 24.3 Å². The summed E-state index contributed by atoms with van der Waals surface area (Å²) in [5.41, 5.74) is 4.16. The first kappa shape index (κ1) is 27.4. The smallest absolute Gasteiger partial charge is 0.326 e. The van der Waals surface area contributed by atoms with Gasteiger partial charge in [-0.3, -0.25) is 14.3 Å². The standard InChI is InChI=1S/C31H29ClFN5O2S/c32-23-9-5-21(6-10-23)17-36(18-22-7-11-24(33)12-8-22)19-29-34-27(20-41-29)30(39)37-15-13-25(14-16-37)38-28-4-2-1-3-26(28)35-31(38)40/h1-12,20,25H,13-19H2,(H,35,40). The summed E-state index contributed by atoms with van der Waals surface area (Å²) in [7, 11) is 0. The number of para-hydroxylation sites is 2. The number of piperidine rings is 1. The van der Waals surface area contributed by atoms with Crippen LogP contribution in [0.1, 0.15) is 45.5 Å². The van der Waals surface area contributed by atoms with E-state index in [4.69, 9.17) is 16.6 Å². The van der Waals surface area contributed by atoms with E-state index in [2.05, 4.69) is 9.88 Å². The average molecular weight is 590 g/mol. The molecule has 2 aromatic heterocycles. The molecule has 1 fully saturated rings. The van der Waals surface area contributed by atoms with Crippen molar-refractivity contribution in [2.75, 3.05) is 13.1 Å². The van der Waals surface area contributed by atoms with Gasteiger partial charge in [0.25, 0.3) is 5.91 Å². The molecule has 0 bridgehead atoms. The number of amides is 1. The van der Waals surface area contributed by atoms with Crippen LogP contribution in [0.15, 0.2) is 83.0 Å². The SMILES string of the molecule is O=C(c1csc(CN(Cc2ccc(F)cc2)Cc2ccc(Cl)cc2)n1)N1CCC(n2c(=O)[nH]c3ccccc32)CC1. The molecular weight excluding hydrogens is 561 g/mol. The summed E-state index contributed by atoms with van der Waals surface area (Å²) in [6.07, 6.45) is 1.41. The van der Waals surface area contributed by atoms with Gasteiger partial charge in [-0.05, 0) is 60.4 Å². The number of likely N-dealkylation sites (tertiary alicyclic amines) is 1. The van der Waals surface area contributed by atoms with E-state index in [0.717, 1.165) is 27.2 Å². The van der Waals surface area contributed by atoms with Gasteiger partial charge in [0.2, 0.25) is 0 Å². The van der Waals surface area contributed by atoms with Gasteiger partial charge in [-0.2, -0.15) is 0 Å². The highest BCUT2D eigenvalue weighted by atomic mass is 35.5. The maximum atomic E-state index is 13.5. The predicted octanol–water partition coefficient (Wildman–Crippen LogP) is 6.26. The summed E-state index contributed by atoms with van der Waals surface area (Å²) in [6.45, 7) is 2.93. The largest absolute Gasteiger partial charge is 0.337 e. The molecule has 0 atom stereocenters. The number of aromatic amines is 1. The van der Waals surface area contributed by atoms with Crippen LogP contribution >= 0.6 is 22.9 Å². The number of imidazole rings is 1. The average Bonchev–Trinajstić information content (AvgIpc) is 3.58.